The van der Waals surface area contributed by atoms with Crippen molar-refractivity contribution in [2.24, 2.45) is 0 Å². The third kappa shape index (κ3) is 49.0. The maximum Gasteiger partial charge on any atom is -2.00 e. The Morgan fingerprint density at radius 1 is 0.310 bits per heavy atom. The topological polar surface area (TPSA) is 0 Å². The molecule has 29 heavy (non-hydrogen) atoms. The molecule has 0 aliphatic heterocycles. The van der Waals surface area contributed by atoms with Crippen molar-refractivity contribution in [1.29, 1.82) is 0 Å². The van der Waals surface area contributed by atoms with Crippen LogP contribution >= 0.6 is 0 Å². The van der Waals surface area contributed by atoms with Crippen molar-refractivity contribution in [2.45, 2.75) is 151 Å². The summed E-state index contributed by atoms with van der Waals surface area (Å²) in [6.45, 7) is 4.57. The van der Waals surface area contributed by atoms with Gasteiger partial charge in [-0.2, -0.15) is 0 Å². The van der Waals surface area contributed by atoms with E-state index < -0.39 is 0 Å². The second kappa shape index (κ2) is 44.3. The third-order valence-electron chi connectivity index (χ3n) is 5.06. The van der Waals surface area contributed by atoms with Crippen molar-refractivity contribution in [3.63, 3.8) is 0 Å². The van der Waals surface area contributed by atoms with E-state index in [1.807, 2.05) is 0 Å². The van der Waals surface area contributed by atoms with Crippen LogP contribution in [0.3, 0.4) is 0 Å². The maximum atomic E-state index is 2.28. The predicted molar refractivity (Wildman–Crippen MR) is 147 cm³/mol. The standard InChI is InChI=1S/2C12H25.3S.2Sn/c2*1-3-5-7-9-11-12-10-8-6-4-2;;;;;/h2*1,3-12H2,2H3;;;;;/q;;3*-2;2*+3. The summed E-state index contributed by atoms with van der Waals surface area (Å²) in [7, 11) is 0. The molecule has 172 valence electrons. The molecule has 0 rings (SSSR count). The molecule has 0 saturated carbocycles. The molecule has 0 radical (unpaired) electrons. The Balaban J connectivity index is -0.000000120. The van der Waals surface area contributed by atoms with Gasteiger partial charge in [0, 0.05) is 0 Å². The van der Waals surface area contributed by atoms with Crippen LogP contribution in [0, 0.1) is 0 Å². The number of hydrogen-bond donors (Lipinski definition) is 0. The zero-order valence-electron chi connectivity index (χ0n) is 19.8. The molecule has 0 aromatic heterocycles. The SMILES string of the molecule is CCCCCCCCCCC[CH2][Sn+3].CCCCCCCCCCC[CH2][Sn+3].[S-2].[S-2].[S-2]. The first-order valence-electron chi connectivity index (χ1n) is 12.1. The molecule has 0 nitrogen and oxygen atoms in total. The molecule has 0 aliphatic carbocycles. The minimum Gasteiger partial charge on any atom is -2.00 e. The van der Waals surface area contributed by atoms with Crippen LogP contribution in [0.4, 0.5) is 0 Å². The van der Waals surface area contributed by atoms with E-state index in [0.717, 1.165) is 0 Å². The van der Waals surface area contributed by atoms with Crippen LogP contribution in [0.2, 0.25) is 8.87 Å². The molecule has 0 fully saturated rings. The van der Waals surface area contributed by atoms with Gasteiger partial charge in [0.15, 0.2) is 0 Å². The molecule has 0 unspecified atom stereocenters. The smallest absolute Gasteiger partial charge is 2.00 e. The summed E-state index contributed by atoms with van der Waals surface area (Å²) in [5.74, 6) is 0. The van der Waals surface area contributed by atoms with Crippen molar-refractivity contribution in [2.75, 3.05) is 0 Å². The predicted octanol–water partition coefficient (Wildman–Crippen LogP) is 8.98. The summed E-state index contributed by atoms with van der Waals surface area (Å²) in [4.78, 5) is 0. The van der Waals surface area contributed by atoms with E-state index in [4.69, 9.17) is 0 Å². The Labute approximate surface area is 234 Å². The zero-order chi connectivity index (χ0) is 19.6. The van der Waals surface area contributed by atoms with Crippen LogP contribution in [0.25, 0.3) is 0 Å². The molecule has 0 heterocycles. The van der Waals surface area contributed by atoms with Gasteiger partial charge in [-0.1, -0.05) is 0 Å². The van der Waals surface area contributed by atoms with Crippen molar-refractivity contribution >= 4 is 85.5 Å². The van der Waals surface area contributed by atoms with E-state index in [1.165, 1.54) is 137 Å². The van der Waals surface area contributed by atoms with E-state index in [1.54, 1.807) is 45.0 Å². The summed E-state index contributed by atoms with van der Waals surface area (Å²) >= 11 is 3.43. The Morgan fingerprint density at radius 2 is 0.483 bits per heavy atom. The van der Waals surface area contributed by atoms with Gasteiger partial charge in [0.1, 0.15) is 0 Å². The van der Waals surface area contributed by atoms with Gasteiger partial charge in [-0.25, -0.2) is 0 Å². The zero-order valence-corrected chi connectivity index (χ0v) is 27.9. The van der Waals surface area contributed by atoms with Gasteiger partial charge >= 0.3 is 196 Å². The van der Waals surface area contributed by atoms with Crippen molar-refractivity contribution in [1.82, 2.24) is 0 Å². The van der Waals surface area contributed by atoms with Crippen molar-refractivity contribution < 1.29 is 0 Å². The normalized spacial score (nSPS) is 9.59. The Bertz CT molecular complexity index is 178. The second-order valence-electron chi connectivity index (χ2n) is 7.86. The number of rotatable bonds is 20. The molecule has 5 heteroatoms. The average molecular weight is 672 g/mol. The first-order chi connectivity index (χ1) is 12.8. The maximum absolute atomic E-state index is 2.28. The van der Waals surface area contributed by atoms with Gasteiger partial charge < -0.3 is 40.5 Å². The Kier molecular flexibility index (Phi) is 64.0. The Morgan fingerprint density at radius 3 is 0.655 bits per heavy atom. The van der Waals surface area contributed by atoms with Gasteiger partial charge in [0.25, 0.3) is 0 Å². The number of unbranched alkanes of at least 4 members (excludes halogenated alkanes) is 18. The molecule has 0 saturated heterocycles. The van der Waals surface area contributed by atoms with Crippen LogP contribution in [0.5, 0.6) is 0 Å². The minimum absolute atomic E-state index is 0. The summed E-state index contributed by atoms with van der Waals surface area (Å²) in [6.07, 6.45) is 29.4. The summed E-state index contributed by atoms with van der Waals surface area (Å²) in [5, 5.41) is 0. The quantitative estimate of drug-likeness (QED) is 0.0896. The van der Waals surface area contributed by atoms with E-state index in [0.29, 0.717) is 0 Å². The molecule has 0 aromatic carbocycles. The van der Waals surface area contributed by atoms with Crippen molar-refractivity contribution in [3.8, 4) is 0 Å². The monoisotopic (exact) mass is 674 g/mol. The third-order valence-corrected chi connectivity index (χ3v) is 7.08. The summed E-state index contributed by atoms with van der Waals surface area (Å²) in [5.41, 5.74) is 0. The molecule has 0 spiro atoms. The molecular weight excluding hydrogens is 622 g/mol. The van der Waals surface area contributed by atoms with Crippen LogP contribution in [-0.2, 0) is 40.5 Å². The minimum atomic E-state index is 0. The van der Waals surface area contributed by atoms with Gasteiger partial charge in [-0.05, 0) is 0 Å². The molecule has 0 amide bonds. The van der Waals surface area contributed by atoms with E-state index in [-0.39, 0.29) is 40.5 Å². The molecule has 0 atom stereocenters. The fraction of sp³-hybridized carbons (Fsp3) is 1.00. The largest absolute Gasteiger partial charge is 2.00 e. The average Bonchev–Trinajstić information content (AvgIpc) is 2.66. The van der Waals surface area contributed by atoms with E-state index in [2.05, 4.69) is 13.8 Å². The molecule has 0 N–H and O–H groups in total. The van der Waals surface area contributed by atoms with Crippen LogP contribution < -0.4 is 0 Å². The molecule has 0 aliphatic rings. The Hall–Kier alpha value is 2.65. The number of hydrogen-bond acceptors (Lipinski definition) is 0. The van der Waals surface area contributed by atoms with Crippen LogP contribution in [0.1, 0.15) is 142 Å². The molecular formula is C24H50S3Sn2. The van der Waals surface area contributed by atoms with Crippen LogP contribution in [0.15, 0.2) is 0 Å². The van der Waals surface area contributed by atoms with Crippen molar-refractivity contribution in [3.05, 3.63) is 0 Å². The van der Waals surface area contributed by atoms with Gasteiger partial charge in [-0.15, -0.1) is 0 Å². The van der Waals surface area contributed by atoms with E-state index >= 15 is 0 Å². The van der Waals surface area contributed by atoms with Gasteiger partial charge in [0.2, 0.25) is 0 Å². The van der Waals surface area contributed by atoms with Gasteiger partial charge in [-0.3, -0.25) is 0 Å². The first kappa shape index (κ1) is 41.9. The molecule has 0 aromatic rings. The van der Waals surface area contributed by atoms with Gasteiger partial charge in [0.05, 0.1) is 0 Å². The summed E-state index contributed by atoms with van der Waals surface area (Å²) < 4.78 is 2.92. The fourth-order valence-electron chi connectivity index (χ4n) is 3.22. The van der Waals surface area contributed by atoms with Crippen LogP contribution in [-0.4, -0.2) is 45.0 Å². The first-order valence-corrected chi connectivity index (χ1v) is 16.2. The summed E-state index contributed by atoms with van der Waals surface area (Å²) in [6, 6.07) is 0. The second-order valence-corrected chi connectivity index (χ2v) is 10.7. The van der Waals surface area contributed by atoms with E-state index in [9.17, 15) is 0 Å². The molecule has 0 bridgehead atoms. The fourth-order valence-corrected chi connectivity index (χ4v) is 4.65.